The van der Waals surface area contributed by atoms with Crippen molar-refractivity contribution in [3.05, 3.63) is 35.7 Å². The first-order valence-corrected chi connectivity index (χ1v) is 16.6. The molecule has 2 heterocycles. The number of amides is 2. The van der Waals surface area contributed by atoms with Gasteiger partial charge in [-0.15, -0.1) is 0 Å². The molecule has 2 amide bonds. The molecule has 0 fully saturated rings. The van der Waals surface area contributed by atoms with Crippen LogP contribution < -0.4 is 39.1 Å². The molecule has 0 aliphatic carbocycles. The predicted molar refractivity (Wildman–Crippen MR) is 182 cm³/mol. The number of ether oxygens (including phenoxy) is 6. The number of urea groups is 1. The van der Waals surface area contributed by atoms with Gasteiger partial charge in [0.15, 0.2) is 34.5 Å². The third-order valence-corrected chi connectivity index (χ3v) is 7.35. The Hall–Kier alpha value is -4.41. The van der Waals surface area contributed by atoms with Crippen molar-refractivity contribution < 1.29 is 33.2 Å². The highest BCUT2D eigenvalue weighted by Gasteiger charge is 2.22. The maximum absolute atomic E-state index is 12.6. The van der Waals surface area contributed by atoms with Crippen molar-refractivity contribution in [3.63, 3.8) is 0 Å². The van der Waals surface area contributed by atoms with Crippen LogP contribution in [0, 0.1) is 0 Å². The molecule has 4 N–H and O–H groups in total. The van der Waals surface area contributed by atoms with Gasteiger partial charge in [0.25, 0.3) is 0 Å². The molecule has 0 aliphatic heterocycles. The topological polar surface area (TPSA) is 128 Å². The lowest BCUT2D eigenvalue weighted by Crippen LogP contribution is -2.36. The van der Waals surface area contributed by atoms with E-state index in [9.17, 15) is 4.79 Å². The molecule has 4 aromatic rings. The number of hydrogen-bond acceptors (Lipinski definition) is 7. The van der Waals surface area contributed by atoms with Gasteiger partial charge in [0.1, 0.15) is 0 Å². The standard InChI is InChI=1S/C35H50N4O7/c1-7-41-27-19-17-23-29(33(27)45-11-5)31(43-9-3)25(38-23)15-13-21-36-35(40)37-22-14-16-26-32(44-10-4)30-24(39-26)18-20-28(42-8-2)34(30)46-12-6/h17-20,38-39H,7-16,21-22H2,1-6H3,(H2,36,37,40). The number of benzene rings is 2. The lowest BCUT2D eigenvalue weighted by Gasteiger charge is -2.13. The molecule has 0 spiro atoms. The minimum Gasteiger partial charge on any atom is -0.491 e. The number of aromatic nitrogens is 2. The number of nitrogens with one attached hydrogen (secondary N) is 4. The zero-order valence-electron chi connectivity index (χ0n) is 28.2. The summed E-state index contributed by atoms with van der Waals surface area (Å²) in [6.45, 7) is 16.0. The van der Waals surface area contributed by atoms with Crippen molar-refractivity contribution in [1.29, 1.82) is 0 Å². The summed E-state index contributed by atoms with van der Waals surface area (Å²) in [6, 6.07) is 7.63. The summed E-state index contributed by atoms with van der Waals surface area (Å²) in [7, 11) is 0. The lowest BCUT2D eigenvalue weighted by atomic mass is 10.1. The molecule has 0 aliphatic rings. The van der Waals surface area contributed by atoms with Crippen molar-refractivity contribution in [2.75, 3.05) is 52.7 Å². The summed E-state index contributed by atoms with van der Waals surface area (Å²) in [5.41, 5.74) is 3.81. The molecule has 11 heteroatoms. The van der Waals surface area contributed by atoms with Gasteiger partial charge in [-0.1, -0.05) is 0 Å². The number of H-pyrrole nitrogens is 2. The fourth-order valence-corrected chi connectivity index (χ4v) is 5.60. The molecule has 0 unspecified atom stereocenters. The SMILES string of the molecule is CCOc1ccc2[nH]c(CCCNC(=O)NCCCc3[nH]c4ccc(OCC)c(OCC)c4c3OCC)c(OCC)c2c1OCC. The first-order valence-electron chi connectivity index (χ1n) is 16.6. The van der Waals surface area contributed by atoms with Gasteiger partial charge in [-0.2, -0.15) is 0 Å². The summed E-state index contributed by atoms with van der Waals surface area (Å²) in [4.78, 5) is 19.5. The highest BCUT2D eigenvalue weighted by molar-refractivity contribution is 5.96. The van der Waals surface area contributed by atoms with Crippen molar-refractivity contribution in [3.8, 4) is 34.5 Å². The van der Waals surface area contributed by atoms with E-state index in [0.29, 0.717) is 88.6 Å². The summed E-state index contributed by atoms with van der Waals surface area (Å²) < 4.78 is 35.8. The van der Waals surface area contributed by atoms with E-state index in [2.05, 4.69) is 20.6 Å². The van der Waals surface area contributed by atoms with E-state index in [1.165, 1.54) is 0 Å². The Morgan fingerprint density at radius 2 is 0.913 bits per heavy atom. The third-order valence-electron chi connectivity index (χ3n) is 7.35. The molecular weight excluding hydrogens is 588 g/mol. The molecule has 0 saturated heterocycles. The minimum atomic E-state index is -0.191. The Balaban J connectivity index is 1.32. The van der Waals surface area contributed by atoms with Crippen molar-refractivity contribution in [2.24, 2.45) is 0 Å². The lowest BCUT2D eigenvalue weighted by molar-refractivity contribution is 0.240. The molecule has 2 aromatic carbocycles. The average Bonchev–Trinajstić information content (AvgIpc) is 3.58. The third kappa shape index (κ3) is 8.05. The Morgan fingerprint density at radius 3 is 1.28 bits per heavy atom. The Morgan fingerprint density at radius 1 is 0.543 bits per heavy atom. The molecule has 11 nitrogen and oxygen atoms in total. The summed E-state index contributed by atoms with van der Waals surface area (Å²) in [6.07, 6.45) is 2.88. The molecule has 0 atom stereocenters. The number of hydrogen-bond donors (Lipinski definition) is 4. The Bertz CT molecular complexity index is 1450. The van der Waals surface area contributed by atoms with Crippen molar-refractivity contribution in [1.82, 2.24) is 20.6 Å². The van der Waals surface area contributed by atoms with Crippen LogP contribution in [0.4, 0.5) is 4.79 Å². The maximum Gasteiger partial charge on any atom is 0.314 e. The molecule has 0 saturated carbocycles. The van der Waals surface area contributed by atoms with E-state index in [0.717, 1.165) is 57.5 Å². The van der Waals surface area contributed by atoms with Gasteiger partial charge in [0, 0.05) is 13.1 Å². The van der Waals surface area contributed by atoms with Crippen LogP contribution in [0.25, 0.3) is 21.8 Å². The van der Waals surface area contributed by atoms with Crippen LogP contribution in [0.1, 0.15) is 65.8 Å². The van der Waals surface area contributed by atoms with E-state index < -0.39 is 0 Å². The zero-order valence-corrected chi connectivity index (χ0v) is 28.2. The number of carbonyl (C=O) groups is 1. The van der Waals surface area contributed by atoms with Gasteiger partial charge in [-0.25, -0.2) is 4.79 Å². The monoisotopic (exact) mass is 638 g/mol. The second-order valence-corrected chi connectivity index (χ2v) is 10.5. The molecule has 4 rings (SSSR count). The molecule has 252 valence electrons. The Kier molecular flexibility index (Phi) is 13.0. The van der Waals surface area contributed by atoms with Crippen LogP contribution in [0.5, 0.6) is 34.5 Å². The number of rotatable bonds is 20. The predicted octanol–water partition coefficient (Wildman–Crippen LogP) is 6.91. The van der Waals surface area contributed by atoms with Gasteiger partial charge in [-0.05, 0) is 91.5 Å². The number of fused-ring (bicyclic) bond motifs is 2. The molecule has 0 bridgehead atoms. The maximum atomic E-state index is 12.6. The zero-order chi connectivity index (χ0) is 32.9. The molecule has 46 heavy (non-hydrogen) atoms. The summed E-state index contributed by atoms with van der Waals surface area (Å²) >= 11 is 0. The first kappa shape index (κ1) is 34.5. The normalized spacial score (nSPS) is 11.1. The molecule has 2 aromatic heterocycles. The van der Waals surface area contributed by atoms with E-state index >= 15 is 0 Å². The van der Waals surface area contributed by atoms with Gasteiger partial charge in [0.2, 0.25) is 0 Å². The summed E-state index contributed by atoms with van der Waals surface area (Å²) in [5, 5.41) is 7.73. The number of aryl methyl sites for hydroxylation is 2. The number of aromatic amines is 2. The van der Waals surface area contributed by atoms with Crippen molar-refractivity contribution in [2.45, 2.75) is 67.2 Å². The van der Waals surface area contributed by atoms with E-state index in [-0.39, 0.29) is 6.03 Å². The Labute approximate surface area is 271 Å². The van der Waals surface area contributed by atoms with E-state index in [4.69, 9.17) is 28.4 Å². The van der Waals surface area contributed by atoms with Crippen LogP contribution in [0.15, 0.2) is 24.3 Å². The highest BCUT2D eigenvalue weighted by Crippen LogP contribution is 2.44. The largest absolute Gasteiger partial charge is 0.491 e. The van der Waals surface area contributed by atoms with Gasteiger partial charge < -0.3 is 49.0 Å². The van der Waals surface area contributed by atoms with Gasteiger partial charge >= 0.3 is 6.03 Å². The van der Waals surface area contributed by atoms with Crippen LogP contribution in [0.2, 0.25) is 0 Å². The van der Waals surface area contributed by atoms with Gasteiger partial charge in [0.05, 0.1) is 72.8 Å². The smallest absolute Gasteiger partial charge is 0.314 e. The second kappa shape index (κ2) is 17.3. The quantitative estimate of drug-likeness (QED) is 0.0775. The minimum absolute atomic E-state index is 0.191. The van der Waals surface area contributed by atoms with Crippen LogP contribution >= 0.6 is 0 Å². The highest BCUT2D eigenvalue weighted by atomic mass is 16.5. The van der Waals surface area contributed by atoms with E-state index in [1.807, 2.05) is 65.8 Å². The first-order chi connectivity index (χ1) is 22.5. The van der Waals surface area contributed by atoms with Gasteiger partial charge in [-0.3, -0.25) is 0 Å². The second-order valence-electron chi connectivity index (χ2n) is 10.5. The van der Waals surface area contributed by atoms with E-state index in [1.54, 1.807) is 0 Å². The fourth-order valence-electron chi connectivity index (χ4n) is 5.60. The van der Waals surface area contributed by atoms with Crippen LogP contribution in [-0.4, -0.2) is 68.7 Å². The molecular formula is C35H50N4O7. The molecule has 0 radical (unpaired) electrons. The average molecular weight is 639 g/mol. The fraction of sp³-hybridized carbons (Fsp3) is 0.514. The van der Waals surface area contributed by atoms with Crippen LogP contribution in [-0.2, 0) is 12.8 Å². The number of carbonyl (C=O) groups excluding carboxylic acids is 1. The van der Waals surface area contributed by atoms with Crippen molar-refractivity contribution >= 4 is 27.8 Å². The van der Waals surface area contributed by atoms with Crippen LogP contribution in [0.3, 0.4) is 0 Å². The summed E-state index contributed by atoms with van der Waals surface area (Å²) in [5.74, 6) is 4.33.